The van der Waals surface area contributed by atoms with Crippen LogP contribution in [0.4, 0.5) is 0 Å². The summed E-state index contributed by atoms with van der Waals surface area (Å²) in [6.45, 7) is 3.95. The fourth-order valence-corrected chi connectivity index (χ4v) is 4.94. The minimum Gasteiger partial charge on any atom is -0.317 e. The number of ether oxygens (including phenoxy) is 2. The van der Waals surface area contributed by atoms with Crippen molar-refractivity contribution in [3.05, 3.63) is 35.4 Å². The molecule has 0 unspecified atom stereocenters. The van der Waals surface area contributed by atoms with E-state index in [0.29, 0.717) is 6.42 Å². The van der Waals surface area contributed by atoms with Crippen LogP contribution in [-0.4, -0.2) is 26.0 Å². The van der Waals surface area contributed by atoms with Gasteiger partial charge < -0.3 is 9.47 Å². The number of aryl methyl sites for hydroxylation is 1. The fourth-order valence-electron chi connectivity index (χ4n) is 4.94. The van der Waals surface area contributed by atoms with Gasteiger partial charge in [0.25, 0.3) is 5.84 Å². The summed E-state index contributed by atoms with van der Waals surface area (Å²) in [7, 11) is 2.90. The van der Waals surface area contributed by atoms with Gasteiger partial charge in [-0.3, -0.25) is 5.73 Å². The highest BCUT2D eigenvalue weighted by molar-refractivity contribution is 5.97. The second kappa shape index (κ2) is 4.80. The molecule has 0 saturated heterocycles. The monoisotopic (exact) mass is 325 g/mol. The Hall–Kier alpha value is -2.41. The highest BCUT2D eigenvalue weighted by Crippen LogP contribution is 2.83. The number of methoxy groups -OCH3 is 2. The second-order valence-corrected chi connectivity index (χ2v) is 6.41. The molecule has 6 nitrogen and oxygen atoms in total. The number of benzene rings is 1. The molecule has 1 aliphatic carbocycles. The Bertz CT molecular complexity index is 800. The van der Waals surface area contributed by atoms with Crippen molar-refractivity contribution in [2.45, 2.75) is 31.6 Å². The van der Waals surface area contributed by atoms with Crippen LogP contribution in [0.3, 0.4) is 0 Å². The first-order valence-electron chi connectivity index (χ1n) is 7.84. The maximum absolute atomic E-state index is 10.2. The molecule has 0 amide bonds. The third-order valence-corrected chi connectivity index (χ3v) is 5.96. The standard InChI is InChI=1S/C18H20N4O2/c1-5-15(13-8-6-12(2)7-9-13)16(10-19)14(21)22-18(23-3,24-4)17(15,16)11-20/h6-9H,5H2,1-4H3,(H2,21,22)/p+1/t15-,16-,17+/m0/s1. The maximum atomic E-state index is 10.2. The van der Waals surface area contributed by atoms with E-state index in [1.165, 1.54) is 14.2 Å². The third-order valence-electron chi connectivity index (χ3n) is 5.96. The molecule has 1 fully saturated rings. The topological polar surface area (TPSA) is 106 Å². The van der Waals surface area contributed by atoms with Crippen molar-refractivity contribution in [1.29, 1.82) is 10.5 Å². The molecule has 0 radical (unpaired) electrons. The van der Waals surface area contributed by atoms with Gasteiger partial charge in [-0.15, -0.1) is 0 Å². The lowest BCUT2D eigenvalue weighted by Crippen LogP contribution is -2.91. The molecule has 3 N–H and O–H groups in total. The van der Waals surface area contributed by atoms with Gasteiger partial charge in [0.05, 0.1) is 17.6 Å². The van der Waals surface area contributed by atoms with Gasteiger partial charge in [-0.05, 0) is 18.9 Å². The summed E-state index contributed by atoms with van der Waals surface area (Å²) in [5.41, 5.74) is 4.94. The lowest BCUT2D eigenvalue weighted by molar-refractivity contribution is -0.689. The summed E-state index contributed by atoms with van der Waals surface area (Å²) in [4.78, 5) is 2.92. The zero-order chi connectivity index (χ0) is 17.8. The van der Waals surface area contributed by atoms with Crippen molar-refractivity contribution in [3.63, 3.8) is 0 Å². The Balaban J connectivity index is 2.38. The predicted molar refractivity (Wildman–Crippen MR) is 86.1 cm³/mol. The molecule has 2 aliphatic rings. The molecule has 1 aliphatic heterocycles. The van der Waals surface area contributed by atoms with E-state index in [1.54, 1.807) is 0 Å². The van der Waals surface area contributed by atoms with Crippen LogP contribution in [0.1, 0.15) is 24.5 Å². The summed E-state index contributed by atoms with van der Waals surface area (Å²) < 4.78 is 11.2. The average molecular weight is 325 g/mol. The Labute approximate surface area is 141 Å². The molecule has 0 spiro atoms. The lowest BCUT2D eigenvalue weighted by Gasteiger charge is -2.31. The largest absolute Gasteiger partial charge is 0.343 e. The normalized spacial score (nSPS) is 35.5. The first-order chi connectivity index (χ1) is 11.4. The molecule has 3 atom stereocenters. The fraction of sp³-hybridized carbons (Fsp3) is 0.500. The summed E-state index contributed by atoms with van der Waals surface area (Å²) in [6.07, 6.45) is 0.550. The lowest BCUT2D eigenvalue weighted by atomic mass is 9.80. The number of rotatable bonds is 4. The van der Waals surface area contributed by atoms with Crippen molar-refractivity contribution in [2.24, 2.45) is 16.6 Å². The van der Waals surface area contributed by atoms with Gasteiger partial charge in [0.1, 0.15) is 0 Å². The van der Waals surface area contributed by atoms with Crippen LogP contribution < -0.4 is 10.7 Å². The zero-order valence-electron chi connectivity index (χ0n) is 14.3. The van der Waals surface area contributed by atoms with Gasteiger partial charge in [0, 0.05) is 14.2 Å². The zero-order valence-corrected chi connectivity index (χ0v) is 14.3. The second-order valence-electron chi connectivity index (χ2n) is 6.41. The van der Waals surface area contributed by atoms with Crippen molar-refractivity contribution in [2.75, 3.05) is 14.2 Å². The van der Waals surface area contributed by atoms with Crippen LogP contribution in [0, 0.1) is 40.4 Å². The van der Waals surface area contributed by atoms with E-state index in [4.69, 9.17) is 15.2 Å². The number of fused-ring (bicyclic) bond motifs is 1. The first kappa shape index (κ1) is 16.4. The number of hydrogen-bond donors (Lipinski definition) is 2. The average Bonchev–Trinajstić information content (AvgIpc) is 3.10. The maximum Gasteiger partial charge on any atom is 0.343 e. The number of amidine groups is 1. The molecule has 24 heavy (non-hydrogen) atoms. The van der Waals surface area contributed by atoms with E-state index < -0.39 is 22.2 Å². The van der Waals surface area contributed by atoms with Gasteiger partial charge in [-0.25, -0.2) is 4.99 Å². The van der Waals surface area contributed by atoms with E-state index in [-0.39, 0.29) is 5.84 Å². The molecule has 1 heterocycles. The van der Waals surface area contributed by atoms with Gasteiger partial charge in [0.2, 0.25) is 0 Å². The number of nitriles is 2. The summed E-state index contributed by atoms with van der Waals surface area (Å²) >= 11 is 0. The smallest absolute Gasteiger partial charge is 0.317 e. The molecule has 124 valence electrons. The molecule has 1 aromatic carbocycles. The van der Waals surface area contributed by atoms with Gasteiger partial charge in [-0.2, -0.15) is 10.5 Å². The van der Waals surface area contributed by atoms with Gasteiger partial charge in [-0.1, -0.05) is 36.8 Å². The van der Waals surface area contributed by atoms with E-state index in [9.17, 15) is 10.5 Å². The predicted octanol–water partition coefficient (Wildman–Crippen LogP) is 0.0744. The highest BCUT2D eigenvalue weighted by atomic mass is 16.7. The molecule has 6 heteroatoms. The molecule has 3 rings (SSSR count). The van der Waals surface area contributed by atoms with Crippen molar-refractivity contribution < 1.29 is 14.5 Å². The Kier molecular flexibility index (Phi) is 3.29. The van der Waals surface area contributed by atoms with Crippen molar-refractivity contribution >= 4 is 5.84 Å². The van der Waals surface area contributed by atoms with E-state index in [1.807, 2.05) is 38.1 Å². The number of hydrogen-bond acceptors (Lipinski definition) is 5. The summed E-state index contributed by atoms with van der Waals surface area (Å²) in [5, 5.41) is 20.3. The number of nitrogens with one attached hydrogen (secondary N) is 1. The molecular weight excluding hydrogens is 304 g/mol. The van der Waals surface area contributed by atoms with Crippen LogP contribution in [0.25, 0.3) is 0 Å². The molecule has 1 aromatic rings. The van der Waals surface area contributed by atoms with E-state index in [2.05, 4.69) is 17.1 Å². The van der Waals surface area contributed by atoms with Crippen molar-refractivity contribution in [3.8, 4) is 12.1 Å². The highest BCUT2D eigenvalue weighted by Gasteiger charge is 3.03. The van der Waals surface area contributed by atoms with E-state index >= 15 is 0 Å². The van der Waals surface area contributed by atoms with Crippen LogP contribution in [-0.2, 0) is 14.9 Å². The molecular formula is C18H21N4O2+. The third kappa shape index (κ3) is 1.25. The Morgan fingerprint density at radius 1 is 1.12 bits per heavy atom. The van der Waals surface area contributed by atoms with Crippen molar-refractivity contribution in [1.82, 2.24) is 0 Å². The van der Waals surface area contributed by atoms with Gasteiger partial charge >= 0.3 is 5.91 Å². The number of nitrogens with zero attached hydrogens (tertiary/aromatic N) is 2. The summed E-state index contributed by atoms with van der Waals surface area (Å²) in [6, 6.07) is 12.5. The minimum absolute atomic E-state index is 0.220. The van der Waals surface area contributed by atoms with E-state index in [0.717, 1.165) is 11.1 Å². The first-order valence-corrected chi connectivity index (χ1v) is 7.84. The SMILES string of the molecule is CC[C@]1(c2ccc(C)cc2)[C@]2(C#N)C(N)=[NH+]C(OC)(OC)[C@@]21C#N. The quantitative estimate of drug-likeness (QED) is 0.762. The number of nitrogens with two attached hydrogens (primary N) is 1. The molecule has 0 bridgehead atoms. The Morgan fingerprint density at radius 2 is 1.71 bits per heavy atom. The van der Waals surface area contributed by atoms with Crippen LogP contribution >= 0.6 is 0 Å². The summed E-state index contributed by atoms with van der Waals surface area (Å²) in [5.74, 6) is -1.25. The van der Waals surface area contributed by atoms with Crippen LogP contribution in [0.2, 0.25) is 0 Å². The minimum atomic E-state index is -1.47. The Morgan fingerprint density at radius 3 is 2.12 bits per heavy atom. The molecule has 1 saturated carbocycles. The van der Waals surface area contributed by atoms with Gasteiger partial charge in [0.15, 0.2) is 10.8 Å². The van der Waals surface area contributed by atoms with Crippen LogP contribution in [0.15, 0.2) is 24.3 Å². The molecule has 0 aromatic heterocycles. The van der Waals surface area contributed by atoms with Crippen LogP contribution in [0.5, 0.6) is 0 Å².